The van der Waals surface area contributed by atoms with Crippen LogP contribution < -0.4 is 9.57 Å². The van der Waals surface area contributed by atoms with Crippen molar-refractivity contribution in [3.8, 4) is 0 Å². The van der Waals surface area contributed by atoms with Crippen molar-refractivity contribution in [2.45, 2.75) is 13.1 Å². The van der Waals surface area contributed by atoms with Crippen molar-refractivity contribution in [2.75, 3.05) is 18.8 Å². The molecule has 16 heavy (non-hydrogen) atoms. The summed E-state index contributed by atoms with van der Waals surface area (Å²) in [5.41, 5.74) is 1.19. The Kier molecular flexibility index (Phi) is 4.05. The lowest BCUT2D eigenvalue weighted by molar-refractivity contribution is 1.44. The fourth-order valence-corrected chi connectivity index (χ4v) is 9.46. The first-order chi connectivity index (χ1) is 7.24. The van der Waals surface area contributed by atoms with Crippen LogP contribution >= 0.6 is 10.2 Å². The molecule has 0 atom stereocenters. The molecule has 0 heterocycles. The van der Waals surface area contributed by atoms with E-state index in [1.807, 2.05) is 6.08 Å². The van der Waals surface area contributed by atoms with E-state index in [1.165, 1.54) is 10.8 Å². The van der Waals surface area contributed by atoms with E-state index in [0.717, 1.165) is 0 Å². The molecular formula is C13H23NSSi. The Morgan fingerprint density at radius 2 is 1.62 bits per heavy atom. The average Bonchev–Trinajstić information content (AvgIpc) is 2.14. The second-order valence-corrected chi connectivity index (χ2v) is 13.7. The molecule has 0 unspecified atom stereocenters. The van der Waals surface area contributed by atoms with Crippen molar-refractivity contribution in [3.63, 3.8) is 0 Å². The van der Waals surface area contributed by atoms with E-state index in [4.69, 9.17) is 0 Å². The minimum Gasteiger partial charge on any atom is -0.297 e. The molecule has 90 valence electrons. The Balaban J connectivity index is 2.93. The van der Waals surface area contributed by atoms with Crippen LogP contribution in [0.1, 0.15) is 5.56 Å². The molecule has 1 aromatic rings. The Labute approximate surface area is 103 Å². The van der Waals surface area contributed by atoms with Crippen molar-refractivity contribution in [2.24, 2.45) is 0 Å². The molecule has 0 fully saturated rings. The van der Waals surface area contributed by atoms with Crippen molar-refractivity contribution in [1.29, 1.82) is 0 Å². The predicted molar refractivity (Wildman–Crippen MR) is 82.1 cm³/mol. The molecule has 1 aromatic carbocycles. The first kappa shape index (κ1) is 13.6. The van der Waals surface area contributed by atoms with Gasteiger partial charge in [0, 0.05) is 0 Å². The molecule has 1 nitrogen and oxygen atoms in total. The fraction of sp³-hybridized carbons (Fsp3) is 0.385. The summed E-state index contributed by atoms with van der Waals surface area (Å²) >= 11 is 0. The van der Waals surface area contributed by atoms with Crippen molar-refractivity contribution < 1.29 is 0 Å². The molecule has 1 rings (SSSR count). The third kappa shape index (κ3) is 3.81. The SMILES string of the molecule is C=Cc1ccc([Si](C)(C)NS(C)(C)C)cc1. The zero-order valence-electron chi connectivity index (χ0n) is 11.0. The largest absolute Gasteiger partial charge is 0.297 e. The van der Waals surface area contributed by atoms with Crippen LogP contribution in [-0.4, -0.2) is 27.0 Å². The lowest BCUT2D eigenvalue weighted by Gasteiger charge is -2.37. The van der Waals surface area contributed by atoms with Gasteiger partial charge in [0.05, 0.1) is 0 Å². The summed E-state index contributed by atoms with van der Waals surface area (Å²) in [7, 11) is -2.15. The van der Waals surface area contributed by atoms with Crippen LogP contribution in [0, 0.1) is 0 Å². The van der Waals surface area contributed by atoms with Gasteiger partial charge < -0.3 is 0 Å². The molecule has 0 amide bonds. The van der Waals surface area contributed by atoms with Gasteiger partial charge in [-0.1, -0.05) is 50.0 Å². The quantitative estimate of drug-likeness (QED) is 0.814. The van der Waals surface area contributed by atoms with Gasteiger partial charge in [-0.05, 0) is 29.5 Å². The van der Waals surface area contributed by atoms with Gasteiger partial charge in [0.15, 0.2) is 8.24 Å². The summed E-state index contributed by atoms with van der Waals surface area (Å²) < 4.78 is 3.85. The van der Waals surface area contributed by atoms with E-state index in [9.17, 15) is 0 Å². The summed E-state index contributed by atoms with van der Waals surface area (Å²) in [5.74, 6) is 0. The maximum atomic E-state index is 3.85. The smallest absolute Gasteiger partial charge is 0.159 e. The molecule has 0 aliphatic carbocycles. The standard InChI is InChI=1S/C13H23NSSi/c1-7-12-8-10-13(11-9-12)16(5,6)14-15(2,3)4/h7-11,14H,1H2,2-6H3. The van der Waals surface area contributed by atoms with Gasteiger partial charge in [-0.3, -0.25) is 4.39 Å². The summed E-state index contributed by atoms with van der Waals surface area (Å²) in [5, 5.41) is 1.46. The number of nitrogens with one attached hydrogen (secondary N) is 1. The van der Waals surface area contributed by atoms with Crippen LogP contribution in [0.4, 0.5) is 0 Å². The summed E-state index contributed by atoms with van der Waals surface area (Å²) in [4.78, 5) is 0. The lowest BCUT2D eigenvalue weighted by atomic mass is 10.2. The maximum absolute atomic E-state index is 3.85. The first-order valence-electron chi connectivity index (χ1n) is 5.45. The van der Waals surface area contributed by atoms with Gasteiger partial charge in [-0.15, -0.1) is 0 Å². The monoisotopic (exact) mass is 253 g/mol. The summed E-state index contributed by atoms with van der Waals surface area (Å²) in [6, 6.07) is 8.77. The van der Waals surface area contributed by atoms with Crippen molar-refractivity contribution in [1.82, 2.24) is 4.39 Å². The highest BCUT2D eigenvalue weighted by molar-refractivity contribution is 8.31. The van der Waals surface area contributed by atoms with Crippen LogP contribution in [0.2, 0.25) is 13.1 Å². The first-order valence-corrected chi connectivity index (χ1v) is 11.3. The number of hydrogen-bond acceptors (Lipinski definition) is 1. The molecule has 0 aromatic heterocycles. The number of rotatable bonds is 4. The fourth-order valence-electron chi connectivity index (χ4n) is 1.86. The van der Waals surface area contributed by atoms with Gasteiger partial charge in [-0.25, -0.2) is 10.2 Å². The Bertz CT molecular complexity index is 363. The van der Waals surface area contributed by atoms with Crippen LogP contribution in [-0.2, 0) is 0 Å². The van der Waals surface area contributed by atoms with E-state index in [-0.39, 0.29) is 0 Å². The molecule has 0 aliphatic heterocycles. The van der Waals surface area contributed by atoms with Crippen molar-refractivity contribution in [3.05, 3.63) is 36.4 Å². The third-order valence-electron chi connectivity index (χ3n) is 2.43. The Morgan fingerprint density at radius 1 is 1.12 bits per heavy atom. The zero-order valence-corrected chi connectivity index (χ0v) is 12.8. The maximum Gasteiger partial charge on any atom is 0.159 e. The molecule has 0 spiro atoms. The highest BCUT2D eigenvalue weighted by Crippen LogP contribution is 2.31. The Morgan fingerprint density at radius 3 is 2.00 bits per heavy atom. The second-order valence-electron chi connectivity index (χ2n) is 5.39. The predicted octanol–water partition coefficient (Wildman–Crippen LogP) is 2.94. The summed E-state index contributed by atoms with van der Waals surface area (Å²) in [6.07, 6.45) is 8.81. The van der Waals surface area contributed by atoms with Gasteiger partial charge in [-0.2, -0.15) is 0 Å². The topological polar surface area (TPSA) is 12.0 Å². The highest BCUT2D eigenvalue weighted by atomic mass is 32.3. The van der Waals surface area contributed by atoms with Crippen LogP contribution in [0.5, 0.6) is 0 Å². The molecule has 0 bridgehead atoms. The molecule has 0 saturated heterocycles. The van der Waals surface area contributed by atoms with E-state index in [1.54, 1.807) is 0 Å². The zero-order chi connectivity index (χ0) is 12.4. The van der Waals surface area contributed by atoms with Crippen LogP contribution in [0.15, 0.2) is 30.8 Å². The van der Waals surface area contributed by atoms with E-state index in [2.05, 4.69) is 67.1 Å². The number of benzene rings is 1. The molecule has 0 saturated carbocycles. The van der Waals surface area contributed by atoms with Gasteiger partial charge in [0.1, 0.15) is 0 Å². The van der Waals surface area contributed by atoms with Gasteiger partial charge in [0.25, 0.3) is 0 Å². The van der Waals surface area contributed by atoms with Crippen LogP contribution in [0.3, 0.4) is 0 Å². The van der Waals surface area contributed by atoms with Crippen LogP contribution in [0.25, 0.3) is 6.08 Å². The Hall–Kier alpha value is -0.513. The normalized spacial score (nSPS) is 13.6. The highest BCUT2D eigenvalue weighted by Gasteiger charge is 2.26. The summed E-state index contributed by atoms with van der Waals surface area (Å²) in [6.45, 7) is 8.52. The van der Waals surface area contributed by atoms with E-state index >= 15 is 0 Å². The third-order valence-corrected chi connectivity index (χ3v) is 8.70. The molecule has 0 radical (unpaired) electrons. The van der Waals surface area contributed by atoms with Crippen molar-refractivity contribution >= 4 is 29.7 Å². The van der Waals surface area contributed by atoms with E-state index < -0.39 is 18.4 Å². The van der Waals surface area contributed by atoms with Gasteiger partial charge >= 0.3 is 0 Å². The number of hydrogen-bond donors (Lipinski definition) is 1. The van der Waals surface area contributed by atoms with E-state index in [0.29, 0.717) is 0 Å². The van der Waals surface area contributed by atoms with Gasteiger partial charge in [0.2, 0.25) is 0 Å². The molecule has 1 N–H and O–H groups in total. The molecular weight excluding hydrogens is 230 g/mol. The molecule has 0 aliphatic rings. The minimum absolute atomic E-state index is 0.654. The average molecular weight is 253 g/mol. The molecule has 3 heteroatoms. The second kappa shape index (κ2) is 4.78. The lowest BCUT2D eigenvalue weighted by Crippen LogP contribution is -2.55. The minimum atomic E-state index is -1.50.